The van der Waals surface area contributed by atoms with Gasteiger partial charge in [0.25, 0.3) is 0 Å². The molecule has 2 aromatic carbocycles. The molecule has 0 amide bonds. The van der Waals surface area contributed by atoms with Crippen LogP contribution in [0.15, 0.2) is 53.7 Å². The number of rotatable bonds is 7. The first-order chi connectivity index (χ1) is 12.7. The van der Waals surface area contributed by atoms with Crippen molar-refractivity contribution in [3.8, 4) is 17.5 Å². The molecule has 1 atom stereocenters. The highest BCUT2D eigenvalue weighted by Crippen LogP contribution is 2.20. The SMILES string of the molecule is Cc1ccc(-n2nnnc2SC[C@@H](O)COc2ccc(C#N)cc2)cc1. The van der Waals surface area contributed by atoms with Crippen molar-refractivity contribution in [1.29, 1.82) is 5.26 Å². The van der Waals surface area contributed by atoms with E-state index in [9.17, 15) is 5.11 Å². The van der Waals surface area contributed by atoms with Crippen LogP contribution in [0.1, 0.15) is 11.1 Å². The van der Waals surface area contributed by atoms with Gasteiger partial charge in [0.2, 0.25) is 5.16 Å². The van der Waals surface area contributed by atoms with Crippen molar-refractivity contribution in [2.75, 3.05) is 12.4 Å². The van der Waals surface area contributed by atoms with Gasteiger partial charge >= 0.3 is 0 Å². The lowest BCUT2D eigenvalue weighted by Gasteiger charge is -2.12. The highest BCUT2D eigenvalue weighted by Gasteiger charge is 2.13. The molecule has 7 nitrogen and oxygen atoms in total. The molecule has 3 rings (SSSR count). The normalized spacial score (nSPS) is 11.7. The summed E-state index contributed by atoms with van der Waals surface area (Å²) in [5, 5.41) is 31.2. The molecule has 0 saturated heterocycles. The molecule has 0 aliphatic carbocycles. The third-order valence-electron chi connectivity index (χ3n) is 3.55. The summed E-state index contributed by atoms with van der Waals surface area (Å²) in [6.07, 6.45) is -0.682. The number of tetrazole rings is 1. The van der Waals surface area contributed by atoms with Crippen LogP contribution in [-0.4, -0.2) is 43.8 Å². The fraction of sp³-hybridized carbons (Fsp3) is 0.222. The number of nitriles is 1. The number of ether oxygens (including phenoxy) is 1. The lowest BCUT2D eigenvalue weighted by atomic mass is 10.2. The minimum Gasteiger partial charge on any atom is -0.491 e. The van der Waals surface area contributed by atoms with E-state index in [2.05, 4.69) is 15.5 Å². The Morgan fingerprint density at radius 2 is 1.92 bits per heavy atom. The number of hydrogen-bond donors (Lipinski definition) is 1. The predicted molar refractivity (Wildman–Crippen MR) is 97.3 cm³/mol. The number of nitrogens with zero attached hydrogens (tertiary/aromatic N) is 5. The summed E-state index contributed by atoms with van der Waals surface area (Å²) < 4.78 is 7.17. The molecule has 0 aliphatic heterocycles. The van der Waals surface area contributed by atoms with E-state index >= 15 is 0 Å². The Hall–Kier alpha value is -2.89. The molecular weight excluding hydrogens is 350 g/mol. The van der Waals surface area contributed by atoms with Gasteiger partial charge in [0.1, 0.15) is 12.4 Å². The Labute approximate surface area is 155 Å². The van der Waals surface area contributed by atoms with Crippen molar-refractivity contribution in [3.63, 3.8) is 0 Å². The van der Waals surface area contributed by atoms with Gasteiger partial charge in [-0.2, -0.15) is 9.94 Å². The second-order valence-corrected chi connectivity index (χ2v) is 6.61. The zero-order valence-electron chi connectivity index (χ0n) is 14.1. The maximum absolute atomic E-state index is 10.1. The summed E-state index contributed by atoms with van der Waals surface area (Å²) in [6, 6.07) is 16.7. The van der Waals surface area contributed by atoms with Crippen LogP contribution in [0.2, 0.25) is 0 Å². The van der Waals surface area contributed by atoms with Crippen molar-refractivity contribution < 1.29 is 9.84 Å². The largest absolute Gasteiger partial charge is 0.491 e. The van der Waals surface area contributed by atoms with Crippen molar-refractivity contribution in [2.24, 2.45) is 0 Å². The summed E-state index contributed by atoms with van der Waals surface area (Å²) in [6.45, 7) is 2.16. The Bertz CT molecular complexity index is 887. The number of benzene rings is 2. The van der Waals surface area contributed by atoms with Crippen LogP contribution < -0.4 is 4.74 Å². The molecule has 0 unspecified atom stereocenters. The minimum absolute atomic E-state index is 0.144. The summed E-state index contributed by atoms with van der Waals surface area (Å²) in [4.78, 5) is 0. The van der Waals surface area contributed by atoms with Gasteiger partial charge in [-0.1, -0.05) is 29.5 Å². The van der Waals surface area contributed by atoms with E-state index in [0.29, 0.717) is 22.2 Å². The number of aryl methyl sites for hydroxylation is 1. The molecule has 132 valence electrons. The van der Waals surface area contributed by atoms with Crippen molar-refractivity contribution in [2.45, 2.75) is 18.2 Å². The molecular formula is C18H17N5O2S. The average molecular weight is 367 g/mol. The van der Waals surface area contributed by atoms with Crippen molar-refractivity contribution in [1.82, 2.24) is 20.2 Å². The van der Waals surface area contributed by atoms with Gasteiger partial charge in [-0.15, -0.1) is 5.10 Å². The van der Waals surface area contributed by atoms with Crippen LogP contribution in [-0.2, 0) is 0 Å². The smallest absolute Gasteiger partial charge is 0.214 e. The molecule has 8 heteroatoms. The Morgan fingerprint density at radius 3 is 2.62 bits per heavy atom. The Kier molecular flexibility index (Phi) is 5.84. The number of thioether (sulfide) groups is 1. The first-order valence-corrected chi connectivity index (χ1v) is 8.93. The minimum atomic E-state index is -0.682. The molecule has 3 aromatic rings. The fourth-order valence-corrected chi connectivity index (χ4v) is 2.95. The maximum atomic E-state index is 10.1. The van der Waals surface area contributed by atoms with Crippen molar-refractivity contribution >= 4 is 11.8 Å². The van der Waals surface area contributed by atoms with E-state index in [1.165, 1.54) is 11.8 Å². The van der Waals surface area contributed by atoms with Gasteiger partial charge < -0.3 is 9.84 Å². The van der Waals surface area contributed by atoms with Crippen LogP contribution in [0, 0.1) is 18.3 Å². The van der Waals surface area contributed by atoms with Crippen molar-refractivity contribution in [3.05, 3.63) is 59.7 Å². The molecule has 0 bridgehead atoms. The molecule has 26 heavy (non-hydrogen) atoms. The molecule has 0 saturated carbocycles. The van der Waals surface area contributed by atoms with Crippen LogP contribution in [0.4, 0.5) is 0 Å². The molecule has 0 aliphatic rings. The lowest BCUT2D eigenvalue weighted by Crippen LogP contribution is -2.20. The van der Waals surface area contributed by atoms with Gasteiger partial charge in [-0.25, -0.2) is 0 Å². The summed E-state index contributed by atoms with van der Waals surface area (Å²) in [7, 11) is 0. The highest BCUT2D eigenvalue weighted by molar-refractivity contribution is 7.99. The van der Waals surface area contributed by atoms with E-state index in [1.807, 2.05) is 37.3 Å². The predicted octanol–water partition coefficient (Wildman–Crippen LogP) is 2.37. The molecule has 1 N–H and O–H groups in total. The fourth-order valence-electron chi connectivity index (χ4n) is 2.15. The Morgan fingerprint density at radius 1 is 1.19 bits per heavy atom. The van der Waals surface area contributed by atoms with E-state index in [-0.39, 0.29) is 6.61 Å². The van der Waals surface area contributed by atoms with Crippen LogP contribution in [0.25, 0.3) is 5.69 Å². The second-order valence-electron chi connectivity index (χ2n) is 5.62. The number of aliphatic hydroxyl groups excluding tert-OH is 1. The van der Waals surface area contributed by atoms with E-state index in [0.717, 1.165) is 11.3 Å². The summed E-state index contributed by atoms with van der Waals surface area (Å²) in [5.74, 6) is 1.00. The number of aliphatic hydroxyl groups is 1. The molecule has 0 fully saturated rings. The van der Waals surface area contributed by atoms with E-state index in [4.69, 9.17) is 10.00 Å². The van der Waals surface area contributed by atoms with Gasteiger partial charge in [0.05, 0.1) is 23.4 Å². The van der Waals surface area contributed by atoms with Crippen LogP contribution in [0.3, 0.4) is 0 Å². The second kappa shape index (κ2) is 8.47. The van der Waals surface area contributed by atoms with Gasteiger partial charge in [-0.05, 0) is 53.7 Å². The van der Waals surface area contributed by atoms with Crippen LogP contribution in [0.5, 0.6) is 5.75 Å². The van der Waals surface area contributed by atoms with E-state index < -0.39 is 6.10 Å². The van der Waals surface area contributed by atoms with Crippen LogP contribution >= 0.6 is 11.8 Å². The van der Waals surface area contributed by atoms with E-state index in [1.54, 1.807) is 28.9 Å². The van der Waals surface area contributed by atoms with Gasteiger partial charge in [-0.3, -0.25) is 0 Å². The number of aromatic nitrogens is 4. The number of hydrogen-bond acceptors (Lipinski definition) is 7. The monoisotopic (exact) mass is 367 g/mol. The summed E-state index contributed by atoms with van der Waals surface area (Å²) in [5.41, 5.74) is 2.59. The van der Waals surface area contributed by atoms with Gasteiger partial charge in [0, 0.05) is 5.75 Å². The summed E-state index contributed by atoms with van der Waals surface area (Å²) >= 11 is 1.36. The zero-order chi connectivity index (χ0) is 18.4. The first-order valence-electron chi connectivity index (χ1n) is 7.95. The third-order valence-corrected chi connectivity index (χ3v) is 4.61. The molecule has 1 heterocycles. The molecule has 0 radical (unpaired) electrons. The highest BCUT2D eigenvalue weighted by atomic mass is 32.2. The van der Waals surface area contributed by atoms with Gasteiger partial charge in [0.15, 0.2) is 0 Å². The average Bonchev–Trinajstić information content (AvgIpc) is 3.14. The topological polar surface area (TPSA) is 96.8 Å². The zero-order valence-corrected chi connectivity index (χ0v) is 14.9. The third kappa shape index (κ3) is 4.59. The maximum Gasteiger partial charge on any atom is 0.214 e. The Balaban J connectivity index is 1.53. The standard InChI is InChI=1S/C18H17N5O2S/c1-13-2-6-15(7-3-13)23-18(20-21-22-23)26-12-16(24)11-25-17-8-4-14(10-19)5-9-17/h2-9,16,24H,11-12H2,1H3/t16-/m0/s1. The molecule has 1 aromatic heterocycles. The lowest BCUT2D eigenvalue weighted by molar-refractivity contribution is 0.126. The quantitative estimate of drug-likeness (QED) is 0.640. The first kappa shape index (κ1) is 17.9. The molecule has 0 spiro atoms.